The standard InChI is InChI=1S/C7H6FNO5S/c1-4-2-5(15(12,13)14)3-6(7(4)8)9(10)11/h2-3H,1H3,(H,12,13,14). The van der Waals surface area contributed by atoms with Gasteiger partial charge < -0.3 is 0 Å². The van der Waals surface area contributed by atoms with Crippen LogP contribution in [0.2, 0.25) is 0 Å². The van der Waals surface area contributed by atoms with Crippen molar-refractivity contribution in [3.63, 3.8) is 0 Å². The summed E-state index contributed by atoms with van der Waals surface area (Å²) in [4.78, 5) is 8.58. The minimum Gasteiger partial charge on any atom is -0.282 e. The van der Waals surface area contributed by atoms with Crippen LogP contribution in [-0.4, -0.2) is 17.9 Å². The molecule has 0 aliphatic rings. The topological polar surface area (TPSA) is 97.5 Å². The number of hydrogen-bond donors (Lipinski definition) is 1. The lowest BCUT2D eigenvalue weighted by Gasteiger charge is -2.01. The normalized spacial score (nSPS) is 11.4. The molecule has 15 heavy (non-hydrogen) atoms. The Morgan fingerprint density at radius 2 is 2.00 bits per heavy atom. The fraction of sp³-hybridized carbons (Fsp3) is 0.143. The third-order valence-electron chi connectivity index (χ3n) is 1.70. The Morgan fingerprint density at radius 3 is 2.40 bits per heavy atom. The number of benzene rings is 1. The van der Waals surface area contributed by atoms with Crippen LogP contribution in [0.4, 0.5) is 10.1 Å². The molecule has 0 unspecified atom stereocenters. The summed E-state index contributed by atoms with van der Waals surface area (Å²) >= 11 is 0. The second-order valence-electron chi connectivity index (χ2n) is 2.81. The molecule has 0 fully saturated rings. The molecule has 0 atom stereocenters. The fourth-order valence-corrected chi connectivity index (χ4v) is 1.59. The Balaban J connectivity index is 3.57. The van der Waals surface area contributed by atoms with E-state index in [2.05, 4.69) is 0 Å². The predicted octanol–water partition coefficient (Wildman–Crippen LogP) is 1.29. The lowest BCUT2D eigenvalue weighted by molar-refractivity contribution is -0.387. The molecule has 6 nitrogen and oxygen atoms in total. The Kier molecular flexibility index (Phi) is 2.73. The van der Waals surface area contributed by atoms with E-state index >= 15 is 0 Å². The van der Waals surface area contributed by atoms with Crippen LogP contribution in [0.5, 0.6) is 0 Å². The monoisotopic (exact) mass is 235 g/mol. The highest BCUT2D eigenvalue weighted by molar-refractivity contribution is 7.85. The molecule has 1 aromatic rings. The van der Waals surface area contributed by atoms with Crippen molar-refractivity contribution in [1.29, 1.82) is 0 Å². The average molecular weight is 235 g/mol. The zero-order chi connectivity index (χ0) is 11.8. The van der Waals surface area contributed by atoms with E-state index in [1.807, 2.05) is 0 Å². The summed E-state index contributed by atoms with van der Waals surface area (Å²) in [6, 6.07) is 1.29. The average Bonchev–Trinajstić information content (AvgIpc) is 2.06. The van der Waals surface area contributed by atoms with E-state index in [1.54, 1.807) is 0 Å². The molecule has 0 saturated heterocycles. The summed E-state index contributed by atoms with van der Waals surface area (Å²) in [5.41, 5.74) is -1.21. The van der Waals surface area contributed by atoms with Gasteiger partial charge in [0.05, 0.1) is 4.92 Å². The minimum absolute atomic E-state index is 0.225. The van der Waals surface area contributed by atoms with Gasteiger partial charge in [0, 0.05) is 6.07 Å². The van der Waals surface area contributed by atoms with Crippen LogP contribution in [-0.2, 0) is 10.1 Å². The van der Waals surface area contributed by atoms with E-state index < -0.39 is 31.4 Å². The number of halogens is 1. The highest BCUT2D eigenvalue weighted by atomic mass is 32.2. The molecular formula is C7H6FNO5S. The SMILES string of the molecule is Cc1cc(S(=O)(=O)O)cc([N+](=O)[O-])c1F. The van der Waals surface area contributed by atoms with Crippen molar-refractivity contribution in [2.24, 2.45) is 0 Å². The van der Waals surface area contributed by atoms with Crippen LogP contribution in [0, 0.1) is 22.9 Å². The summed E-state index contributed by atoms with van der Waals surface area (Å²) in [7, 11) is -4.57. The van der Waals surface area contributed by atoms with Gasteiger partial charge >= 0.3 is 5.69 Å². The molecular weight excluding hydrogens is 229 g/mol. The quantitative estimate of drug-likeness (QED) is 0.473. The molecule has 1 rings (SSSR count). The molecule has 1 aromatic carbocycles. The van der Waals surface area contributed by atoms with Crippen molar-refractivity contribution in [3.05, 3.63) is 33.6 Å². The number of rotatable bonds is 2. The molecule has 0 aliphatic carbocycles. The van der Waals surface area contributed by atoms with Crippen LogP contribution in [0.1, 0.15) is 5.56 Å². The van der Waals surface area contributed by atoms with Gasteiger partial charge in [0.2, 0.25) is 5.82 Å². The Morgan fingerprint density at radius 1 is 1.47 bits per heavy atom. The maximum atomic E-state index is 13.1. The van der Waals surface area contributed by atoms with Gasteiger partial charge in [-0.1, -0.05) is 0 Å². The van der Waals surface area contributed by atoms with E-state index in [-0.39, 0.29) is 5.56 Å². The van der Waals surface area contributed by atoms with Gasteiger partial charge in [-0.05, 0) is 18.6 Å². The van der Waals surface area contributed by atoms with E-state index in [0.29, 0.717) is 6.07 Å². The molecule has 8 heteroatoms. The van der Waals surface area contributed by atoms with Crippen LogP contribution >= 0.6 is 0 Å². The summed E-state index contributed by atoms with van der Waals surface area (Å²) < 4.78 is 43.1. The molecule has 0 aromatic heterocycles. The number of nitrogens with zero attached hydrogens (tertiary/aromatic N) is 1. The van der Waals surface area contributed by atoms with Gasteiger partial charge in [0.1, 0.15) is 4.90 Å². The fourth-order valence-electron chi connectivity index (χ4n) is 1.00. The Hall–Kier alpha value is -1.54. The first-order chi connectivity index (χ1) is 6.73. The van der Waals surface area contributed by atoms with Crippen molar-refractivity contribution in [1.82, 2.24) is 0 Å². The number of aryl methyl sites for hydroxylation is 1. The van der Waals surface area contributed by atoms with Gasteiger partial charge in [0.15, 0.2) is 0 Å². The van der Waals surface area contributed by atoms with Crippen LogP contribution in [0.15, 0.2) is 17.0 Å². The minimum atomic E-state index is -4.57. The lowest BCUT2D eigenvalue weighted by Crippen LogP contribution is -2.02. The molecule has 0 heterocycles. The zero-order valence-corrected chi connectivity index (χ0v) is 8.28. The van der Waals surface area contributed by atoms with Crippen molar-refractivity contribution in [2.75, 3.05) is 0 Å². The second kappa shape index (κ2) is 3.55. The number of nitro benzene ring substituents is 1. The molecule has 0 saturated carbocycles. The Bertz CT molecular complexity index is 524. The first-order valence-electron chi connectivity index (χ1n) is 3.65. The van der Waals surface area contributed by atoms with E-state index in [9.17, 15) is 22.9 Å². The first kappa shape index (κ1) is 11.5. The van der Waals surface area contributed by atoms with Gasteiger partial charge in [-0.15, -0.1) is 0 Å². The summed E-state index contributed by atoms with van der Waals surface area (Å²) in [5, 5.41) is 10.3. The molecule has 0 spiro atoms. The van der Waals surface area contributed by atoms with Crippen LogP contribution in [0.3, 0.4) is 0 Å². The number of hydrogen-bond acceptors (Lipinski definition) is 4. The zero-order valence-electron chi connectivity index (χ0n) is 7.47. The van der Waals surface area contributed by atoms with Gasteiger partial charge in [0.25, 0.3) is 10.1 Å². The van der Waals surface area contributed by atoms with E-state index in [4.69, 9.17) is 4.55 Å². The van der Waals surface area contributed by atoms with E-state index in [1.165, 1.54) is 0 Å². The van der Waals surface area contributed by atoms with Crippen LogP contribution in [0.25, 0.3) is 0 Å². The van der Waals surface area contributed by atoms with Crippen molar-refractivity contribution in [3.8, 4) is 0 Å². The molecule has 0 radical (unpaired) electrons. The van der Waals surface area contributed by atoms with Gasteiger partial charge in [-0.2, -0.15) is 12.8 Å². The molecule has 1 N–H and O–H groups in total. The maximum absolute atomic E-state index is 13.1. The molecule has 82 valence electrons. The number of nitro groups is 1. The third kappa shape index (κ3) is 2.28. The van der Waals surface area contributed by atoms with Crippen molar-refractivity contribution >= 4 is 15.8 Å². The van der Waals surface area contributed by atoms with Gasteiger partial charge in [-0.25, -0.2) is 0 Å². The summed E-state index contributed by atoms with van der Waals surface area (Å²) in [6.45, 7) is 1.16. The maximum Gasteiger partial charge on any atom is 0.306 e. The first-order valence-corrected chi connectivity index (χ1v) is 5.09. The second-order valence-corrected chi connectivity index (χ2v) is 4.23. The smallest absolute Gasteiger partial charge is 0.282 e. The van der Waals surface area contributed by atoms with Gasteiger partial charge in [-0.3, -0.25) is 14.7 Å². The molecule has 0 aliphatic heterocycles. The molecule has 0 bridgehead atoms. The van der Waals surface area contributed by atoms with Crippen molar-refractivity contribution < 1.29 is 22.3 Å². The summed E-state index contributed by atoms with van der Waals surface area (Å²) in [6.07, 6.45) is 0. The molecule has 0 amide bonds. The van der Waals surface area contributed by atoms with Crippen LogP contribution < -0.4 is 0 Å². The third-order valence-corrected chi connectivity index (χ3v) is 2.53. The lowest BCUT2D eigenvalue weighted by atomic mass is 10.2. The predicted molar refractivity (Wildman–Crippen MR) is 47.6 cm³/mol. The Labute approximate surface area is 84.2 Å². The van der Waals surface area contributed by atoms with Crippen molar-refractivity contribution in [2.45, 2.75) is 11.8 Å². The highest BCUT2D eigenvalue weighted by Gasteiger charge is 2.22. The summed E-state index contributed by atoms with van der Waals surface area (Å²) in [5.74, 6) is -1.12. The van der Waals surface area contributed by atoms with E-state index in [0.717, 1.165) is 13.0 Å². The highest BCUT2D eigenvalue weighted by Crippen LogP contribution is 2.24. The largest absolute Gasteiger partial charge is 0.306 e.